The number of nitrogens with zero attached hydrogens (tertiary/aromatic N) is 4. The Labute approximate surface area is 158 Å². The summed E-state index contributed by atoms with van der Waals surface area (Å²) in [5.74, 6) is 0.582. The van der Waals surface area contributed by atoms with E-state index in [0.717, 1.165) is 11.4 Å². The summed E-state index contributed by atoms with van der Waals surface area (Å²) in [4.78, 5) is 28.3. The number of carbonyl (C=O) groups excluding carboxylic acids is 2. The molecular weight excluding hydrogens is 346 g/mol. The topological polar surface area (TPSA) is 79.7 Å². The molecule has 1 aromatic heterocycles. The number of hydrogen-bond acceptors (Lipinski definition) is 5. The number of aryl methyl sites for hydroxylation is 1. The van der Waals surface area contributed by atoms with Gasteiger partial charge in [-0.1, -0.05) is 18.2 Å². The average Bonchev–Trinajstić information content (AvgIpc) is 2.99. The van der Waals surface area contributed by atoms with E-state index in [4.69, 9.17) is 4.74 Å². The van der Waals surface area contributed by atoms with Crippen molar-refractivity contribution in [3.8, 4) is 5.75 Å². The molecule has 0 spiro atoms. The maximum Gasteiger partial charge on any atom is 0.260 e. The van der Waals surface area contributed by atoms with Crippen LogP contribution in [0.3, 0.4) is 0 Å². The van der Waals surface area contributed by atoms with Crippen LogP contribution >= 0.6 is 0 Å². The van der Waals surface area contributed by atoms with E-state index in [1.807, 2.05) is 49.2 Å². The number of aromatic nitrogens is 2. The lowest BCUT2D eigenvalue weighted by atomic mass is 10.3. The third-order valence-electron chi connectivity index (χ3n) is 4.71. The van der Waals surface area contributed by atoms with Gasteiger partial charge in [0.15, 0.2) is 6.61 Å². The third kappa shape index (κ3) is 5.07. The molecular formula is C19H25N5O3. The molecule has 1 aromatic carbocycles. The van der Waals surface area contributed by atoms with Gasteiger partial charge >= 0.3 is 0 Å². The maximum absolute atomic E-state index is 12.3. The summed E-state index contributed by atoms with van der Waals surface area (Å²) in [6.45, 7) is 4.76. The lowest BCUT2D eigenvalue weighted by Crippen LogP contribution is -2.51. The highest BCUT2D eigenvalue weighted by Gasteiger charge is 2.23. The van der Waals surface area contributed by atoms with Crippen molar-refractivity contribution in [1.29, 1.82) is 0 Å². The number of carbonyl (C=O) groups is 2. The molecule has 1 aliphatic rings. The van der Waals surface area contributed by atoms with Gasteiger partial charge in [-0.2, -0.15) is 5.10 Å². The quantitative estimate of drug-likeness (QED) is 0.816. The molecule has 0 aliphatic carbocycles. The molecule has 144 valence electrons. The summed E-state index contributed by atoms with van der Waals surface area (Å²) in [7, 11) is 1.84. The first-order chi connectivity index (χ1) is 13.0. The number of amides is 2. The summed E-state index contributed by atoms with van der Waals surface area (Å²) in [6.07, 6.45) is 1.65. The van der Waals surface area contributed by atoms with Crippen molar-refractivity contribution in [3.63, 3.8) is 0 Å². The Balaban J connectivity index is 1.40. The second-order valence-corrected chi connectivity index (χ2v) is 6.57. The van der Waals surface area contributed by atoms with E-state index in [0.29, 0.717) is 38.5 Å². The van der Waals surface area contributed by atoms with Crippen molar-refractivity contribution in [3.05, 3.63) is 42.2 Å². The van der Waals surface area contributed by atoms with E-state index >= 15 is 0 Å². The Hall–Kier alpha value is -2.87. The fourth-order valence-electron chi connectivity index (χ4n) is 2.92. The molecule has 1 saturated heterocycles. The summed E-state index contributed by atoms with van der Waals surface area (Å²) < 4.78 is 7.23. The number of benzene rings is 1. The summed E-state index contributed by atoms with van der Waals surface area (Å²) in [5, 5.41) is 7.00. The Bertz CT molecular complexity index is 782. The Morgan fingerprint density at radius 3 is 2.48 bits per heavy atom. The van der Waals surface area contributed by atoms with E-state index in [1.54, 1.807) is 15.8 Å². The van der Waals surface area contributed by atoms with Gasteiger partial charge in [-0.3, -0.25) is 19.2 Å². The maximum atomic E-state index is 12.3. The molecule has 0 atom stereocenters. The van der Waals surface area contributed by atoms with Gasteiger partial charge in [0, 0.05) is 33.2 Å². The molecule has 2 heterocycles. The molecule has 3 rings (SSSR count). The van der Waals surface area contributed by atoms with Gasteiger partial charge < -0.3 is 15.0 Å². The predicted molar refractivity (Wildman–Crippen MR) is 102 cm³/mol. The standard InChI is InChI=1S/C19H25N5O3/c1-15-17(12-20-22(15)2)21-18(25)13-23-8-10-24(11-9-23)19(26)14-27-16-6-4-3-5-7-16/h3-7,12H,8-11,13-14H2,1-2H3,(H,21,25). The Morgan fingerprint density at radius 1 is 1.15 bits per heavy atom. The summed E-state index contributed by atoms with van der Waals surface area (Å²) >= 11 is 0. The van der Waals surface area contributed by atoms with Crippen LogP contribution in [0.5, 0.6) is 5.75 Å². The number of rotatable bonds is 6. The smallest absolute Gasteiger partial charge is 0.260 e. The monoisotopic (exact) mass is 371 g/mol. The lowest BCUT2D eigenvalue weighted by Gasteiger charge is -2.34. The Kier molecular flexibility index (Phi) is 6.08. The molecule has 1 aliphatic heterocycles. The van der Waals surface area contributed by atoms with Crippen molar-refractivity contribution in [2.45, 2.75) is 6.92 Å². The average molecular weight is 371 g/mol. The molecule has 27 heavy (non-hydrogen) atoms. The molecule has 1 fully saturated rings. The van der Waals surface area contributed by atoms with E-state index < -0.39 is 0 Å². The van der Waals surface area contributed by atoms with E-state index in [2.05, 4.69) is 10.4 Å². The molecule has 8 nitrogen and oxygen atoms in total. The van der Waals surface area contributed by atoms with Crippen LogP contribution in [0, 0.1) is 6.92 Å². The van der Waals surface area contributed by atoms with Crippen molar-refractivity contribution in [1.82, 2.24) is 19.6 Å². The van der Waals surface area contributed by atoms with Crippen LogP contribution in [-0.2, 0) is 16.6 Å². The molecule has 8 heteroatoms. The number of ether oxygens (including phenoxy) is 1. The molecule has 0 unspecified atom stereocenters. The zero-order valence-electron chi connectivity index (χ0n) is 15.7. The molecule has 2 aromatic rings. The largest absolute Gasteiger partial charge is 0.484 e. The van der Waals surface area contributed by atoms with Crippen molar-refractivity contribution >= 4 is 17.5 Å². The highest BCUT2D eigenvalue weighted by atomic mass is 16.5. The van der Waals surface area contributed by atoms with Gasteiger partial charge in [0.05, 0.1) is 24.1 Å². The first-order valence-electron chi connectivity index (χ1n) is 8.99. The van der Waals surface area contributed by atoms with Gasteiger partial charge in [0.2, 0.25) is 5.91 Å². The molecule has 0 bridgehead atoms. The van der Waals surface area contributed by atoms with Gasteiger partial charge in [0.1, 0.15) is 5.75 Å². The van der Waals surface area contributed by atoms with Crippen molar-refractivity contribution in [2.75, 3.05) is 44.6 Å². The molecule has 0 radical (unpaired) electrons. The SMILES string of the molecule is Cc1c(NC(=O)CN2CCN(C(=O)COc3ccccc3)CC2)cnn1C. The van der Waals surface area contributed by atoms with Gasteiger partial charge in [-0.15, -0.1) is 0 Å². The van der Waals surface area contributed by atoms with E-state index in [-0.39, 0.29) is 18.4 Å². The number of nitrogens with one attached hydrogen (secondary N) is 1. The molecule has 0 saturated carbocycles. The van der Waals surface area contributed by atoms with Crippen LogP contribution in [-0.4, -0.2) is 70.7 Å². The normalized spacial score (nSPS) is 14.8. The number of anilines is 1. The van der Waals surface area contributed by atoms with Crippen molar-refractivity contribution < 1.29 is 14.3 Å². The van der Waals surface area contributed by atoms with Gasteiger partial charge in [-0.05, 0) is 19.1 Å². The second-order valence-electron chi connectivity index (χ2n) is 6.57. The zero-order chi connectivity index (χ0) is 19.2. The number of para-hydroxylation sites is 1. The highest BCUT2D eigenvalue weighted by Crippen LogP contribution is 2.12. The van der Waals surface area contributed by atoms with Crippen LogP contribution in [0.4, 0.5) is 5.69 Å². The van der Waals surface area contributed by atoms with Crippen LogP contribution in [0.1, 0.15) is 5.69 Å². The Morgan fingerprint density at radius 2 is 1.85 bits per heavy atom. The fourth-order valence-corrected chi connectivity index (χ4v) is 2.92. The van der Waals surface area contributed by atoms with E-state index in [9.17, 15) is 9.59 Å². The van der Waals surface area contributed by atoms with Gasteiger partial charge in [-0.25, -0.2) is 0 Å². The lowest BCUT2D eigenvalue weighted by molar-refractivity contribution is -0.135. The fraction of sp³-hybridized carbons (Fsp3) is 0.421. The highest BCUT2D eigenvalue weighted by molar-refractivity contribution is 5.92. The minimum absolute atomic E-state index is 0.0325. The molecule has 2 amide bonds. The van der Waals surface area contributed by atoms with Crippen LogP contribution < -0.4 is 10.1 Å². The first-order valence-corrected chi connectivity index (χ1v) is 8.99. The minimum Gasteiger partial charge on any atom is -0.484 e. The van der Waals surface area contributed by atoms with E-state index in [1.165, 1.54) is 0 Å². The number of piperazine rings is 1. The first kappa shape index (κ1) is 18.9. The molecule has 1 N–H and O–H groups in total. The number of hydrogen-bond donors (Lipinski definition) is 1. The van der Waals surface area contributed by atoms with Crippen LogP contribution in [0.2, 0.25) is 0 Å². The summed E-state index contributed by atoms with van der Waals surface area (Å²) in [6, 6.07) is 9.30. The van der Waals surface area contributed by atoms with Crippen molar-refractivity contribution in [2.24, 2.45) is 7.05 Å². The predicted octanol–water partition coefficient (Wildman–Crippen LogP) is 0.890. The summed E-state index contributed by atoms with van der Waals surface area (Å²) in [5.41, 5.74) is 1.64. The third-order valence-corrected chi connectivity index (χ3v) is 4.71. The zero-order valence-corrected chi connectivity index (χ0v) is 15.7. The van der Waals surface area contributed by atoms with Gasteiger partial charge in [0.25, 0.3) is 5.91 Å². The minimum atomic E-state index is -0.0710. The second kappa shape index (κ2) is 8.68. The van der Waals surface area contributed by atoms with Crippen LogP contribution in [0.15, 0.2) is 36.5 Å². The van der Waals surface area contributed by atoms with Crippen LogP contribution in [0.25, 0.3) is 0 Å².